The first-order chi connectivity index (χ1) is 25.8. The highest BCUT2D eigenvalue weighted by Crippen LogP contribution is 2.37. The molecule has 0 aliphatic carbocycles. The standard InChI is InChI=1S/C47H91NO6/c1-9-11-13-15-25-31-37-52-43(49)35-29-23-19-17-21-27-33-42(54-45(51)39-46(3,4)40-47(5,6)41-48(7)8)34-28-22-18-20-24-30-36-44(50)53-38-32-26-16-14-12-10-2/h42H,9-41H2,1-8H3. The SMILES string of the molecule is CCCCCCCCOC(=O)CCCCCCCCC(CCCCCCCCC(=O)OCCCCCCCC)OC(=O)CC(C)(C)CC(C)(C)CN(C)C. The molecule has 7 heteroatoms. The van der Waals surface area contributed by atoms with Crippen molar-refractivity contribution in [3.8, 4) is 0 Å². The van der Waals surface area contributed by atoms with Gasteiger partial charge in [-0.05, 0) is 82.7 Å². The summed E-state index contributed by atoms with van der Waals surface area (Å²) in [5, 5.41) is 0. The Labute approximate surface area is 335 Å². The lowest BCUT2D eigenvalue weighted by atomic mass is 9.73. The quantitative estimate of drug-likeness (QED) is 0.0350. The summed E-state index contributed by atoms with van der Waals surface area (Å²) in [5.41, 5.74) is -0.00309. The number of rotatable bonds is 39. The third-order valence-electron chi connectivity index (χ3n) is 10.5. The fraction of sp³-hybridized carbons (Fsp3) is 0.936. The fourth-order valence-electron chi connectivity index (χ4n) is 8.13. The van der Waals surface area contributed by atoms with Gasteiger partial charge in [-0.25, -0.2) is 0 Å². The van der Waals surface area contributed by atoms with E-state index in [2.05, 4.69) is 60.5 Å². The lowest BCUT2D eigenvalue weighted by Crippen LogP contribution is -2.34. The Kier molecular flexibility index (Phi) is 33.6. The Hall–Kier alpha value is -1.63. The second kappa shape index (κ2) is 34.6. The summed E-state index contributed by atoms with van der Waals surface area (Å²) in [7, 11) is 4.22. The van der Waals surface area contributed by atoms with Crippen molar-refractivity contribution in [2.24, 2.45) is 10.8 Å². The van der Waals surface area contributed by atoms with Crippen LogP contribution in [0, 0.1) is 10.8 Å². The molecule has 54 heavy (non-hydrogen) atoms. The van der Waals surface area contributed by atoms with Crippen LogP contribution in [0.1, 0.15) is 234 Å². The molecule has 0 saturated carbocycles. The van der Waals surface area contributed by atoms with Gasteiger partial charge in [0, 0.05) is 19.4 Å². The van der Waals surface area contributed by atoms with E-state index < -0.39 is 0 Å². The number of unbranched alkanes of at least 4 members (excludes halogenated alkanes) is 20. The monoisotopic (exact) mass is 766 g/mol. The van der Waals surface area contributed by atoms with Gasteiger partial charge in [0.15, 0.2) is 0 Å². The topological polar surface area (TPSA) is 82.1 Å². The Bertz CT molecular complexity index is 855. The van der Waals surface area contributed by atoms with Crippen molar-refractivity contribution in [1.29, 1.82) is 0 Å². The molecule has 0 unspecified atom stereocenters. The van der Waals surface area contributed by atoms with Crippen LogP contribution in [0.5, 0.6) is 0 Å². The van der Waals surface area contributed by atoms with Crippen LogP contribution in [0.3, 0.4) is 0 Å². The van der Waals surface area contributed by atoms with Gasteiger partial charge in [0.25, 0.3) is 0 Å². The van der Waals surface area contributed by atoms with E-state index >= 15 is 0 Å². The molecule has 0 saturated heterocycles. The highest BCUT2D eigenvalue weighted by molar-refractivity contribution is 5.70. The summed E-state index contributed by atoms with van der Waals surface area (Å²) in [6.45, 7) is 15.5. The van der Waals surface area contributed by atoms with E-state index in [1.807, 2.05) is 0 Å². The molecule has 0 rings (SSSR count). The largest absolute Gasteiger partial charge is 0.466 e. The van der Waals surface area contributed by atoms with Crippen LogP contribution in [0.4, 0.5) is 0 Å². The van der Waals surface area contributed by atoms with Gasteiger partial charge < -0.3 is 19.1 Å². The summed E-state index contributed by atoms with van der Waals surface area (Å²) < 4.78 is 17.0. The molecule has 0 spiro atoms. The van der Waals surface area contributed by atoms with Crippen molar-refractivity contribution in [3.05, 3.63) is 0 Å². The predicted octanol–water partition coefficient (Wildman–Crippen LogP) is 13.3. The number of hydrogen-bond donors (Lipinski definition) is 0. The van der Waals surface area contributed by atoms with Gasteiger partial charge in [0.2, 0.25) is 0 Å². The summed E-state index contributed by atoms with van der Waals surface area (Å²) in [4.78, 5) is 39.6. The van der Waals surface area contributed by atoms with Crippen molar-refractivity contribution in [1.82, 2.24) is 4.90 Å². The molecule has 0 heterocycles. The number of nitrogens with zero attached hydrogens (tertiary/aromatic N) is 1. The molecule has 0 bridgehead atoms. The minimum Gasteiger partial charge on any atom is -0.466 e. The number of esters is 3. The molecular formula is C47H91NO6. The highest BCUT2D eigenvalue weighted by atomic mass is 16.5. The first-order valence-electron chi connectivity index (χ1n) is 23.0. The van der Waals surface area contributed by atoms with Crippen LogP contribution >= 0.6 is 0 Å². The van der Waals surface area contributed by atoms with E-state index in [4.69, 9.17) is 14.2 Å². The molecular weight excluding hydrogens is 675 g/mol. The van der Waals surface area contributed by atoms with Crippen molar-refractivity contribution < 1.29 is 28.6 Å². The van der Waals surface area contributed by atoms with Crippen LogP contribution < -0.4 is 0 Å². The minimum atomic E-state index is -0.123. The Morgan fingerprint density at radius 3 is 1.26 bits per heavy atom. The van der Waals surface area contributed by atoms with Gasteiger partial charge in [0.05, 0.1) is 19.6 Å². The number of carbonyl (C=O) groups is 3. The number of carbonyl (C=O) groups excluding carboxylic acids is 3. The molecule has 0 atom stereocenters. The lowest BCUT2D eigenvalue weighted by Gasteiger charge is -2.36. The maximum Gasteiger partial charge on any atom is 0.306 e. The zero-order valence-corrected chi connectivity index (χ0v) is 37.3. The summed E-state index contributed by atoms with van der Waals surface area (Å²) >= 11 is 0. The van der Waals surface area contributed by atoms with E-state index in [1.54, 1.807) is 0 Å². The van der Waals surface area contributed by atoms with Gasteiger partial charge in [0.1, 0.15) is 6.10 Å². The molecule has 7 nitrogen and oxygen atoms in total. The molecule has 0 aromatic heterocycles. The average molecular weight is 766 g/mol. The van der Waals surface area contributed by atoms with Gasteiger partial charge >= 0.3 is 17.9 Å². The summed E-state index contributed by atoms with van der Waals surface area (Å²) in [5.74, 6) is -0.148. The fourth-order valence-corrected chi connectivity index (χ4v) is 8.13. The number of hydrogen-bond acceptors (Lipinski definition) is 7. The van der Waals surface area contributed by atoms with Gasteiger partial charge in [-0.1, -0.05) is 157 Å². The molecule has 0 fully saturated rings. The predicted molar refractivity (Wildman–Crippen MR) is 228 cm³/mol. The molecule has 0 aliphatic heterocycles. The van der Waals surface area contributed by atoms with Gasteiger partial charge in [-0.2, -0.15) is 0 Å². The molecule has 0 aromatic rings. The zero-order valence-electron chi connectivity index (χ0n) is 37.3. The molecule has 320 valence electrons. The maximum atomic E-state index is 13.3. The van der Waals surface area contributed by atoms with Gasteiger partial charge in [-0.3, -0.25) is 14.4 Å². The normalized spacial score (nSPS) is 12.1. The number of ether oxygens (including phenoxy) is 3. The van der Waals surface area contributed by atoms with Crippen LogP contribution in [0.15, 0.2) is 0 Å². The average Bonchev–Trinajstić information content (AvgIpc) is 3.08. The minimum absolute atomic E-state index is 0.0223. The second-order valence-corrected chi connectivity index (χ2v) is 18.3. The lowest BCUT2D eigenvalue weighted by molar-refractivity contribution is -0.153. The smallest absolute Gasteiger partial charge is 0.306 e. The third kappa shape index (κ3) is 36.0. The van der Waals surface area contributed by atoms with Gasteiger partial charge in [-0.15, -0.1) is 0 Å². The zero-order chi connectivity index (χ0) is 40.3. The van der Waals surface area contributed by atoms with Crippen LogP contribution in [-0.4, -0.2) is 62.8 Å². The Morgan fingerprint density at radius 2 is 0.852 bits per heavy atom. The third-order valence-corrected chi connectivity index (χ3v) is 10.5. The van der Waals surface area contributed by atoms with E-state index in [0.29, 0.717) is 32.5 Å². The summed E-state index contributed by atoms with van der Waals surface area (Å²) in [6.07, 6.45) is 31.6. The van der Waals surface area contributed by atoms with Crippen molar-refractivity contribution in [3.63, 3.8) is 0 Å². The van der Waals surface area contributed by atoms with Crippen molar-refractivity contribution in [2.75, 3.05) is 33.9 Å². The molecule has 0 amide bonds. The molecule has 0 N–H and O–H groups in total. The molecule has 0 aliphatic rings. The van der Waals surface area contributed by atoms with Crippen LogP contribution in [0.2, 0.25) is 0 Å². The van der Waals surface area contributed by atoms with Crippen molar-refractivity contribution in [2.45, 2.75) is 240 Å². The van der Waals surface area contributed by atoms with E-state index in [-0.39, 0.29) is 34.8 Å². The van der Waals surface area contributed by atoms with Crippen molar-refractivity contribution >= 4 is 17.9 Å². The first-order valence-corrected chi connectivity index (χ1v) is 23.0. The highest BCUT2D eigenvalue weighted by Gasteiger charge is 2.32. The van der Waals surface area contributed by atoms with Crippen LogP contribution in [-0.2, 0) is 28.6 Å². The first kappa shape index (κ1) is 52.4. The Balaban J connectivity index is 4.47. The molecule has 0 radical (unpaired) electrons. The Morgan fingerprint density at radius 1 is 0.481 bits per heavy atom. The van der Waals surface area contributed by atoms with E-state index in [0.717, 1.165) is 129 Å². The maximum absolute atomic E-state index is 13.3. The summed E-state index contributed by atoms with van der Waals surface area (Å²) in [6, 6.07) is 0. The van der Waals surface area contributed by atoms with E-state index in [9.17, 15) is 14.4 Å². The molecule has 0 aromatic carbocycles. The van der Waals surface area contributed by atoms with E-state index in [1.165, 1.54) is 51.4 Å². The van der Waals surface area contributed by atoms with Crippen LogP contribution in [0.25, 0.3) is 0 Å². The second-order valence-electron chi connectivity index (χ2n) is 18.3.